The standard InChI is InChI=1S/C17H19F3N2O6S2.C9H11F3N2O5S2/c1-16(2,3)27-15(23)22(9-11-5-7-12(26-4)8-6-11)14-21-13(10-29-14)28-30(24,25)17(18,19)20;1-8(2,3)18-7(15)14-6-13-5(4-20-6)19-21(16,17)9(10,11)12/h5-8,10H,9H2,1-4H3;4H,1-3H3,(H,13,14,15). The van der Waals surface area contributed by atoms with Gasteiger partial charge in [0, 0.05) is 0 Å². The summed E-state index contributed by atoms with van der Waals surface area (Å²) in [5.74, 6) is -1.02. The molecule has 15 nitrogen and oxygen atoms in total. The number of carbonyl (C=O) groups excluding carboxylic acids is 2. The largest absolute Gasteiger partial charge is 0.534 e. The second-order valence-corrected chi connectivity index (χ2v) is 16.2. The van der Waals surface area contributed by atoms with Gasteiger partial charge in [0.1, 0.15) is 17.0 Å². The van der Waals surface area contributed by atoms with Crippen LogP contribution in [0.15, 0.2) is 35.0 Å². The van der Waals surface area contributed by atoms with Gasteiger partial charge in [0.05, 0.1) is 24.4 Å². The van der Waals surface area contributed by atoms with Crippen LogP contribution in [0.5, 0.6) is 17.5 Å². The number of rotatable bonds is 9. The van der Waals surface area contributed by atoms with Crippen LogP contribution in [-0.4, -0.2) is 68.3 Å². The van der Waals surface area contributed by atoms with Gasteiger partial charge in [-0.05, 0) is 59.2 Å². The van der Waals surface area contributed by atoms with Crippen LogP contribution in [0.3, 0.4) is 0 Å². The van der Waals surface area contributed by atoms with Crippen molar-refractivity contribution in [1.82, 2.24) is 9.97 Å². The lowest BCUT2D eigenvalue weighted by Crippen LogP contribution is -2.36. The van der Waals surface area contributed by atoms with Crippen molar-refractivity contribution in [1.29, 1.82) is 0 Å². The first-order valence-electron chi connectivity index (χ1n) is 13.6. The summed E-state index contributed by atoms with van der Waals surface area (Å²) in [6.45, 7) is 9.71. The van der Waals surface area contributed by atoms with E-state index in [0.29, 0.717) is 22.6 Å². The molecule has 25 heteroatoms. The number of carbonyl (C=O) groups is 2. The molecule has 1 aromatic carbocycles. The Balaban J connectivity index is 0.000000377. The third-order valence-electron chi connectivity index (χ3n) is 4.86. The molecule has 0 aliphatic carbocycles. The molecule has 286 valence electrons. The van der Waals surface area contributed by atoms with Crippen molar-refractivity contribution in [3.05, 3.63) is 40.6 Å². The topological polar surface area (TPSA) is 190 Å². The Hall–Kier alpha value is -4.10. The molecule has 2 amide bonds. The fraction of sp³-hybridized carbons (Fsp3) is 0.462. The summed E-state index contributed by atoms with van der Waals surface area (Å²) < 4.78 is 141. The Bertz CT molecular complexity index is 1870. The van der Waals surface area contributed by atoms with Gasteiger partial charge in [0.2, 0.25) is 11.8 Å². The highest BCUT2D eigenvalue weighted by atomic mass is 32.2. The average Bonchev–Trinajstić information content (AvgIpc) is 3.57. The lowest BCUT2D eigenvalue weighted by molar-refractivity contribution is -0.0505. The summed E-state index contributed by atoms with van der Waals surface area (Å²) in [7, 11) is -10.2. The number of halogens is 6. The Morgan fingerprint density at radius 3 is 1.69 bits per heavy atom. The second-order valence-electron chi connectivity index (χ2n) is 11.5. The van der Waals surface area contributed by atoms with Crippen LogP contribution in [0.2, 0.25) is 0 Å². The number of amides is 2. The molecule has 0 radical (unpaired) electrons. The minimum atomic E-state index is -5.88. The fourth-order valence-electron chi connectivity index (χ4n) is 2.92. The minimum absolute atomic E-state index is 0.0438. The number of nitrogens with one attached hydrogen (secondary N) is 1. The molecule has 1 N–H and O–H groups in total. The van der Waals surface area contributed by atoms with Crippen molar-refractivity contribution >= 4 is 65.4 Å². The number of ether oxygens (including phenoxy) is 3. The second kappa shape index (κ2) is 16.1. The van der Waals surface area contributed by atoms with Gasteiger partial charge in [-0.15, -0.1) is 22.7 Å². The van der Waals surface area contributed by atoms with E-state index in [1.807, 2.05) is 0 Å². The van der Waals surface area contributed by atoms with Gasteiger partial charge in [-0.1, -0.05) is 12.1 Å². The number of benzene rings is 1. The van der Waals surface area contributed by atoms with Gasteiger partial charge >= 0.3 is 43.4 Å². The van der Waals surface area contributed by atoms with E-state index in [0.717, 1.165) is 27.0 Å². The van der Waals surface area contributed by atoms with E-state index >= 15 is 0 Å². The zero-order valence-electron chi connectivity index (χ0n) is 27.4. The highest BCUT2D eigenvalue weighted by molar-refractivity contribution is 7.88. The van der Waals surface area contributed by atoms with Crippen LogP contribution in [0.25, 0.3) is 0 Å². The molecule has 2 aromatic heterocycles. The first-order chi connectivity index (χ1) is 23.0. The monoisotopic (exact) mass is 816 g/mol. The number of alkyl halides is 6. The molecule has 0 unspecified atom stereocenters. The average molecular weight is 817 g/mol. The highest BCUT2D eigenvalue weighted by Gasteiger charge is 2.50. The molecule has 2 heterocycles. The van der Waals surface area contributed by atoms with Crippen molar-refractivity contribution in [3.63, 3.8) is 0 Å². The first kappa shape index (κ1) is 43.1. The fourth-order valence-corrected chi connectivity index (χ4v) is 5.16. The van der Waals surface area contributed by atoms with Crippen LogP contribution in [0.1, 0.15) is 47.1 Å². The van der Waals surface area contributed by atoms with Gasteiger partial charge < -0.3 is 22.6 Å². The molecule has 51 heavy (non-hydrogen) atoms. The van der Waals surface area contributed by atoms with E-state index in [-0.39, 0.29) is 16.8 Å². The van der Waals surface area contributed by atoms with E-state index in [1.54, 1.807) is 65.8 Å². The SMILES string of the molecule is CC(C)(C)OC(=O)Nc1nc(OS(=O)(=O)C(F)(F)F)cs1.COc1ccc(CN(C(=O)OC(C)(C)C)c2nc(OS(=O)(=O)C(F)(F)F)cs2)cc1. The molecule has 0 bridgehead atoms. The molecule has 0 fully saturated rings. The van der Waals surface area contributed by atoms with Gasteiger partial charge in [-0.3, -0.25) is 5.32 Å². The molecule has 0 spiro atoms. The van der Waals surface area contributed by atoms with E-state index in [2.05, 4.69) is 23.7 Å². The van der Waals surface area contributed by atoms with E-state index < -0.39 is 66.4 Å². The van der Waals surface area contributed by atoms with Gasteiger partial charge in [-0.2, -0.15) is 53.1 Å². The predicted octanol–water partition coefficient (Wildman–Crippen LogP) is 7.04. The summed E-state index contributed by atoms with van der Waals surface area (Å²) >= 11 is 1.40. The predicted molar refractivity (Wildman–Crippen MR) is 171 cm³/mol. The molecule has 3 rings (SSSR count). The number of aromatic nitrogens is 2. The Morgan fingerprint density at radius 2 is 1.24 bits per heavy atom. The van der Waals surface area contributed by atoms with Crippen molar-refractivity contribution in [2.75, 3.05) is 17.3 Å². The minimum Gasteiger partial charge on any atom is -0.497 e. The van der Waals surface area contributed by atoms with Crippen molar-refractivity contribution in [3.8, 4) is 17.5 Å². The number of hydrogen-bond donors (Lipinski definition) is 1. The smallest absolute Gasteiger partial charge is 0.497 e. The lowest BCUT2D eigenvalue weighted by Gasteiger charge is -2.25. The van der Waals surface area contributed by atoms with Crippen molar-refractivity contribution < 1.29 is 75.3 Å². The third kappa shape index (κ3) is 13.9. The third-order valence-corrected chi connectivity index (χ3v) is 8.36. The lowest BCUT2D eigenvalue weighted by atomic mass is 10.2. The zero-order valence-corrected chi connectivity index (χ0v) is 30.7. The quantitative estimate of drug-likeness (QED) is 0.132. The van der Waals surface area contributed by atoms with Crippen LogP contribution in [0, 0.1) is 0 Å². The summed E-state index contributed by atoms with van der Waals surface area (Å²) in [6.07, 6.45) is -1.71. The maximum absolute atomic E-state index is 12.6. The molecule has 0 aliphatic heterocycles. The molecular formula is C26H30F6N4O11S4. The molecule has 0 saturated carbocycles. The number of thiazole rings is 2. The van der Waals surface area contributed by atoms with E-state index in [4.69, 9.17) is 14.2 Å². The molecule has 3 aromatic rings. The normalized spacial score (nSPS) is 12.6. The van der Waals surface area contributed by atoms with E-state index in [9.17, 15) is 52.8 Å². The van der Waals surface area contributed by atoms with Crippen LogP contribution in [-0.2, 0) is 36.3 Å². The van der Waals surface area contributed by atoms with E-state index in [1.165, 1.54) is 7.11 Å². The maximum Gasteiger partial charge on any atom is 0.534 e. The molecule has 0 saturated heterocycles. The Kier molecular flexibility index (Phi) is 13.6. The summed E-state index contributed by atoms with van der Waals surface area (Å²) in [5, 5.41) is 3.71. The number of nitrogens with zero attached hydrogens (tertiary/aromatic N) is 3. The molecule has 0 aliphatic rings. The Morgan fingerprint density at radius 1 is 0.765 bits per heavy atom. The maximum atomic E-state index is 12.6. The van der Waals surface area contributed by atoms with Crippen molar-refractivity contribution in [2.45, 2.75) is 70.3 Å². The van der Waals surface area contributed by atoms with Gasteiger partial charge in [0.25, 0.3) is 0 Å². The van der Waals surface area contributed by atoms with Crippen molar-refractivity contribution in [2.24, 2.45) is 0 Å². The summed E-state index contributed by atoms with van der Waals surface area (Å²) in [6, 6.07) is 6.68. The van der Waals surface area contributed by atoms with Gasteiger partial charge in [-0.25, -0.2) is 14.5 Å². The summed E-state index contributed by atoms with van der Waals surface area (Å²) in [4.78, 5) is 32.2. The van der Waals surface area contributed by atoms with Crippen LogP contribution >= 0.6 is 22.7 Å². The number of anilines is 2. The van der Waals surface area contributed by atoms with Crippen LogP contribution < -0.4 is 23.3 Å². The van der Waals surface area contributed by atoms with Crippen LogP contribution in [0.4, 0.5) is 46.2 Å². The summed E-state index contributed by atoms with van der Waals surface area (Å²) in [5.41, 5.74) is -12.2. The molecular weight excluding hydrogens is 787 g/mol. The van der Waals surface area contributed by atoms with Gasteiger partial charge in [0.15, 0.2) is 10.3 Å². The molecule has 0 atom stereocenters. The highest BCUT2D eigenvalue weighted by Crippen LogP contribution is 2.32. The number of hydrogen-bond acceptors (Lipinski definition) is 15. The Labute approximate surface area is 295 Å². The first-order valence-corrected chi connectivity index (χ1v) is 18.2. The zero-order chi connectivity index (χ0) is 39.2. The number of methoxy groups -OCH3 is 1.